The first-order valence-electron chi connectivity index (χ1n) is 4.83. The third kappa shape index (κ3) is 0.943. The zero-order valence-electron chi connectivity index (χ0n) is 8.12. The minimum Gasteiger partial charge on any atom is -0.449 e. The Bertz CT molecular complexity index is 454. The second-order valence-electron chi connectivity index (χ2n) is 4.07. The van der Waals surface area contributed by atoms with Crippen molar-refractivity contribution in [1.82, 2.24) is 0 Å². The molecule has 3 N–H and O–H groups in total. The minimum atomic E-state index is -1.69. The SMILES string of the molecule is NC(=O)C1=C[C@H]2[C@@H]3C=C[C@@]2(O)C(=O)OC3O1. The summed E-state index contributed by atoms with van der Waals surface area (Å²) in [5.41, 5.74) is 3.40. The van der Waals surface area contributed by atoms with Crippen molar-refractivity contribution in [3.63, 3.8) is 0 Å². The third-order valence-corrected chi connectivity index (χ3v) is 3.18. The van der Waals surface area contributed by atoms with Gasteiger partial charge < -0.3 is 20.3 Å². The molecule has 84 valence electrons. The van der Waals surface area contributed by atoms with Gasteiger partial charge in [0.25, 0.3) is 12.2 Å². The van der Waals surface area contributed by atoms with Crippen LogP contribution in [0.4, 0.5) is 0 Å². The number of carbonyl (C=O) groups excluding carboxylic acids is 2. The van der Waals surface area contributed by atoms with Crippen LogP contribution in [-0.4, -0.2) is 28.9 Å². The Balaban J connectivity index is 2.09. The zero-order chi connectivity index (χ0) is 11.5. The Morgan fingerprint density at radius 1 is 1.50 bits per heavy atom. The Kier molecular flexibility index (Phi) is 1.56. The molecule has 6 nitrogen and oxygen atoms in total. The van der Waals surface area contributed by atoms with Gasteiger partial charge >= 0.3 is 5.97 Å². The number of rotatable bonds is 1. The topological polar surface area (TPSA) is 98.9 Å². The van der Waals surface area contributed by atoms with Crippen molar-refractivity contribution in [2.24, 2.45) is 17.6 Å². The highest BCUT2D eigenvalue weighted by molar-refractivity contribution is 5.91. The standard InChI is InChI=1S/C10H9NO5/c11-7(12)6-3-5-4-1-2-10(5,14)9(13)16-8(4)15-6/h1-5,8,14H,(H2,11,12)/t4-,5-,8?,10-/m0/s1. The van der Waals surface area contributed by atoms with Gasteiger partial charge in [-0.1, -0.05) is 6.08 Å². The Hall–Kier alpha value is -1.82. The molecule has 1 saturated heterocycles. The molecule has 1 unspecified atom stereocenters. The fourth-order valence-corrected chi connectivity index (χ4v) is 2.33. The van der Waals surface area contributed by atoms with Gasteiger partial charge in [0.05, 0.1) is 5.92 Å². The number of nitrogens with two attached hydrogens (primary N) is 1. The Morgan fingerprint density at radius 3 is 2.94 bits per heavy atom. The van der Waals surface area contributed by atoms with Crippen LogP contribution in [-0.2, 0) is 19.1 Å². The van der Waals surface area contributed by atoms with Gasteiger partial charge in [0.1, 0.15) is 0 Å². The molecule has 2 aliphatic heterocycles. The summed E-state index contributed by atoms with van der Waals surface area (Å²) >= 11 is 0. The predicted molar refractivity (Wildman–Crippen MR) is 49.3 cm³/mol. The van der Waals surface area contributed by atoms with Crippen LogP contribution >= 0.6 is 0 Å². The summed E-state index contributed by atoms with van der Waals surface area (Å²) in [5.74, 6) is -2.36. The molecule has 1 fully saturated rings. The molecule has 0 saturated carbocycles. The maximum absolute atomic E-state index is 11.5. The Morgan fingerprint density at radius 2 is 2.25 bits per heavy atom. The highest BCUT2D eigenvalue weighted by atomic mass is 16.7. The van der Waals surface area contributed by atoms with E-state index in [0.717, 1.165) is 0 Å². The van der Waals surface area contributed by atoms with Gasteiger partial charge in [-0.2, -0.15) is 0 Å². The number of hydrogen-bond donors (Lipinski definition) is 2. The normalized spacial score (nSPS) is 43.4. The number of aliphatic hydroxyl groups is 1. The number of esters is 1. The summed E-state index contributed by atoms with van der Waals surface area (Å²) in [6.45, 7) is 0. The maximum atomic E-state index is 11.5. The summed E-state index contributed by atoms with van der Waals surface area (Å²) in [5, 5.41) is 10.1. The molecule has 6 heteroatoms. The molecule has 1 amide bonds. The highest BCUT2D eigenvalue weighted by Gasteiger charge is 2.59. The number of hydrogen-bond acceptors (Lipinski definition) is 5. The third-order valence-electron chi connectivity index (χ3n) is 3.18. The molecule has 3 aliphatic rings. The molecule has 4 atom stereocenters. The second-order valence-corrected chi connectivity index (χ2v) is 4.07. The molecular formula is C10H9NO5. The van der Waals surface area contributed by atoms with Gasteiger partial charge in [-0.15, -0.1) is 0 Å². The molecule has 2 heterocycles. The molecule has 0 aromatic carbocycles. The van der Waals surface area contributed by atoms with Crippen molar-refractivity contribution in [3.8, 4) is 0 Å². The molecule has 0 aromatic heterocycles. The highest BCUT2D eigenvalue weighted by Crippen LogP contribution is 2.47. The van der Waals surface area contributed by atoms with E-state index in [1.807, 2.05) is 0 Å². The van der Waals surface area contributed by atoms with E-state index < -0.39 is 29.7 Å². The van der Waals surface area contributed by atoms with Crippen LogP contribution in [0.5, 0.6) is 0 Å². The van der Waals surface area contributed by atoms with E-state index in [0.29, 0.717) is 0 Å². The lowest BCUT2D eigenvalue weighted by atomic mass is 9.80. The minimum absolute atomic E-state index is 0.0686. The van der Waals surface area contributed by atoms with E-state index >= 15 is 0 Å². The van der Waals surface area contributed by atoms with Crippen LogP contribution < -0.4 is 5.73 Å². The van der Waals surface area contributed by atoms with Crippen molar-refractivity contribution in [1.29, 1.82) is 0 Å². The van der Waals surface area contributed by atoms with E-state index in [9.17, 15) is 14.7 Å². The van der Waals surface area contributed by atoms with E-state index in [1.165, 1.54) is 12.2 Å². The first kappa shape index (κ1) is 9.41. The van der Waals surface area contributed by atoms with Crippen LogP contribution in [0.2, 0.25) is 0 Å². The molecule has 3 rings (SSSR count). The van der Waals surface area contributed by atoms with E-state index in [1.54, 1.807) is 6.08 Å². The summed E-state index contributed by atoms with van der Waals surface area (Å²) < 4.78 is 10.1. The number of carbonyl (C=O) groups is 2. The smallest absolute Gasteiger partial charge is 0.345 e. The van der Waals surface area contributed by atoms with Gasteiger partial charge in [-0.3, -0.25) is 4.79 Å². The van der Waals surface area contributed by atoms with Gasteiger partial charge in [0.2, 0.25) is 0 Å². The molecule has 4 bridgehead atoms. The Labute approximate surface area is 90.3 Å². The molecule has 16 heavy (non-hydrogen) atoms. The molecule has 0 spiro atoms. The number of ether oxygens (including phenoxy) is 2. The van der Waals surface area contributed by atoms with E-state index in [-0.39, 0.29) is 11.7 Å². The quantitative estimate of drug-likeness (QED) is 0.430. The van der Waals surface area contributed by atoms with Gasteiger partial charge in [0.15, 0.2) is 11.4 Å². The van der Waals surface area contributed by atoms with Crippen LogP contribution in [0, 0.1) is 11.8 Å². The summed E-state index contributed by atoms with van der Waals surface area (Å²) in [4.78, 5) is 22.5. The maximum Gasteiger partial charge on any atom is 0.345 e. The second kappa shape index (κ2) is 2.65. The average molecular weight is 223 g/mol. The molecule has 0 radical (unpaired) electrons. The molecule has 0 aromatic rings. The van der Waals surface area contributed by atoms with Crippen LogP contribution in [0.25, 0.3) is 0 Å². The number of amides is 1. The first-order valence-corrected chi connectivity index (χ1v) is 4.83. The van der Waals surface area contributed by atoms with Crippen molar-refractivity contribution >= 4 is 11.9 Å². The first-order chi connectivity index (χ1) is 7.52. The van der Waals surface area contributed by atoms with Crippen molar-refractivity contribution in [2.45, 2.75) is 11.9 Å². The monoisotopic (exact) mass is 223 g/mol. The van der Waals surface area contributed by atoms with E-state index in [4.69, 9.17) is 15.2 Å². The van der Waals surface area contributed by atoms with Gasteiger partial charge in [0, 0.05) is 5.92 Å². The summed E-state index contributed by atoms with van der Waals surface area (Å²) in [6.07, 6.45) is 3.57. The number of primary amides is 1. The molecule has 1 aliphatic carbocycles. The zero-order valence-corrected chi connectivity index (χ0v) is 8.12. The van der Waals surface area contributed by atoms with E-state index in [2.05, 4.69) is 0 Å². The van der Waals surface area contributed by atoms with Crippen LogP contribution in [0.1, 0.15) is 0 Å². The largest absolute Gasteiger partial charge is 0.449 e. The van der Waals surface area contributed by atoms with Crippen LogP contribution in [0.3, 0.4) is 0 Å². The fraction of sp³-hybridized carbons (Fsp3) is 0.400. The lowest BCUT2D eigenvalue weighted by Gasteiger charge is -2.41. The predicted octanol–water partition coefficient (Wildman–Crippen LogP) is -1.20. The lowest BCUT2D eigenvalue weighted by Crippen LogP contribution is -2.55. The van der Waals surface area contributed by atoms with Crippen molar-refractivity contribution in [2.75, 3.05) is 0 Å². The van der Waals surface area contributed by atoms with Crippen molar-refractivity contribution in [3.05, 3.63) is 24.0 Å². The molecular weight excluding hydrogens is 214 g/mol. The van der Waals surface area contributed by atoms with Crippen molar-refractivity contribution < 1.29 is 24.2 Å². The summed E-state index contributed by atoms with van der Waals surface area (Å²) in [6, 6.07) is 0. The fourth-order valence-electron chi connectivity index (χ4n) is 2.33. The average Bonchev–Trinajstić information content (AvgIpc) is 2.50. The van der Waals surface area contributed by atoms with Crippen LogP contribution in [0.15, 0.2) is 24.0 Å². The lowest BCUT2D eigenvalue weighted by molar-refractivity contribution is -0.224. The van der Waals surface area contributed by atoms with Gasteiger partial charge in [-0.25, -0.2) is 4.79 Å². The summed E-state index contributed by atoms with van der Waals surface area (Å²) in [7, 11) is 0. The van der Waals surface area contributed by atoms with Gasteiger partial charge in [-0.05, 0) is 12.2 Å².